The Bertz CT molecular complexity index is 1290. The summed E-state index contributed by atoms with van der Waals surface area (Å²) in [6, 6.07) is 24.8. The van der Waals surface area contributed by atoms with Crippen molar-refractivity contribution in [3.05, 3.63) is 95.1 Å². The monoisotopic (exact) mass is 496 g/mol. The minimum Gasteiger partial charge on any atom is -0.504 e. The van der Waals surface area contributed by atoms with Crippen LogP contribution in [0.2, 0.25) is 5.02 Å². The Balaban J connectivity index is 1.45. The summed E-state index contributed by atoms with van der Waals surface area (Å²) in [7, 11) is 0. The van der Waals surface area contributed by atoms with Crippen LogP contribution in [0.5, 0.6) is 5.75 Å². The molecule has 5 nitrogen and oxygen atoms in total. The van der Waals surface area contributed by atoms with E-state index in [1.54, 1.807) is 17.8 Å². The lowest BCUT2D eigenvalue weighted by atomic mass is 10.1. The molecule has 2 N–H and O–H groups in total. The molecule has 0 aliphatic heterocycles. The van der Waals surface area contributed by atoms with Crippen LogP contribution in [0, 0.1) is 0 Å². The molecule has 0 aliphatic rings. The zero-order valence-electron chi connectivity index (χ0n) is 17.5. The van der Waals surface area contributed by atoms with Crippen LogP contribution in [0.15, 0.2) is 88.7 Å². The van der Waals surface area contributed by atoms with Crippen molar-refractivity contribution in [2.45, 2.75) is 9.79 Å². The second-order valence-electron chi connectivity index (χ2n) is 6.96. The second kappa shape index (κ2) is 11.4. The van der Waals surface area contributed by atoms with Crippen molar-refractivity contribution in [1.82, 2.24) is 10.5 Å². The van der Waals surface area contributed by atoms with E-state index in [9.17, 15) is 9.32 Å². The number of halogens is 1. The van der Waals surface area contributed by atoms with Gasteiger partial charge in [-0.3, -0.25) is 0 Å². The molecule has 0 saturated heterocycles. The van der Waals surface area contributed by atoms with E-state index in [2.05, 4.69) is 10.5 Å². The fourth-order valence-electron chi connectivity index (χ4n) is 3.06. The van der Waals surface area contributed by atoms with Gasteiger partial charge < -0.3 is 5.11 Å². The number of rotatable bonds is 9. The van der Waals surface area contributed by atoms with E-state index < -0.39 is 11.1 Å². The van der Waals surface area contributed by atoms with Crippen molar-refractivity contribution in [3.63, 3.8) is 0 Å². The highest BCUT2D eigenvalue weighted by molar-refractivity contribution is 7.99. The van der Waals surface area contributed by atoms with E-state index in [0.717, 1.165) is 16.2 Å². The fourth-order valence-corrected chi connectivity index (χ4v) is 4.90. The topological polar surface area (TPSA) is 71.5 Å². The third kappa shape index (κ3) is 6.22. The molecule has 3 aromatic carbocycles. The highest BCUT2D eigenvalue weighted by Crippen LogP contribution is 2.35. The van der Waals surface area contributed by atoms with Gasteiger partial charge in [0.25, 0.3) is 0 Å². The van der Waals surface area contributed by atoms with Crippen molar-refractivity contribution in [2.75, 3.05) is 12.3 Å². The number of phenolic OH excluding ortho intramolecular Hbond substituents is 1. The van der Waals surface area contributed by atoms with Crippen molar-refractivity contribution >= 4 is 57.5 Å². The summed E-state index contributed by atoms with van der Waals surface area (Å²) in [5.41, 5.74) is 4.63. The summed E-state index contributed by atoms with van der Waals surface area (Å²) < 4.78 is 17.9. The minimum absolute atomic E-state index is 0.0624. The van der Waals surface area contributed by atoms with Gasteiger partial charge in [-0.2, -0.15) is 9.76 Å². The number of aromatic hydroxyl groups is 1. The Labute approximate surface area is 204 Å². The van der Waals surface area contributed by atoms with Gasteiger partial charge in [-0.1, -0.05) is 66.2 Å². The fraction of sp³-hybridized carbons (Fsp3) is 0.0800. The van der Waals surface area contributed by atoms with Gasteiger partial charge in [-0.05, 0) is 42.0 Å². The van der Waals surface area contributed by atoms with E-state index in [1.807, 2.05) is 78.9 Å². The molecule has 1 aromatic heterocycles. The van der Waals surface area contributed by atoms with E-state index in [-0.39, 0.29) is 16.2 Å². The summed E-state index contributed by atoms with van der Waals surface area (Å²) in [5.74, 6) is 0.507. The Morgan fingerprint density at radius 3 is 2.52 bits per heavy atom. The molecule has 0 amide bonds. The molecular weight excluding hydrogens is 476 g/mol. The van der Waals surface area contributed by atoms with Gasteiger partial charge in [-0.25, -0.2) is 9.19 Å². The van der Waals surface area contributed by atoms with Gasteiger partial charge in [-0.15, -0.1) is 11.8 Å². The molecule has 1 atom stereocenters. The van der Waals surface area contributed by atoms with E-state index in [4.69, 9.17) is 15.9 Å². The standard InChI is InChI=1S/C25H21ClN2O3S2/c26-22-17-23(33(30)31-27-15-16-32-20-9-5-2-6-10-20)25(29)24-21(22)14-13-19(28-24)12-11-18-7-3-1-4-8-18/h1-14,17,27,29H,15-16H2. The Hall–Kier alpha value is -2.68. The molecule has 4 rings (SSSR count). The molecular formula is C25H21ClN2O3S2. The first kappa shape index (κ1) is 23.5. The van der Waals surface area contributed by atoms with Gasteiger partial charge in [0.1, 0.15) is 10.4 Å². The lowest BCUT2D eigenvalue weighted by molar-refractivity contribution is 0.229. The van der Waals surface area contributed by atoms with E-state index in [1.165, 1.54) is 6.07 Å². The molecule has 1 heterocycles. The van der Waals surface area contributed by atoms with Gasteiger partial charge >= 0.3 is 0 Å². The van der Waals surface area contributed by atoms with Crippen LogP contribution in [0.3, 0.4) is 0 Å². The molecule has 0 bridgehead atoms. The number of hydrogen-bond acceptors (Lipinski definition) is 6. The number of phenols is 1. The Morgan fingerprint density at radius 1 is 1.03 bits per heavy atom. The maximum atomic E-state index is 12.6. The van der Waals surface area contributed by atoms with Crippen molar-refractivity contribution in [1.29, 1.82) is 0 Å². The quantitative estimate of drug-likeness (QED) is 0.166. The average Bonchev–Trinajstić information content (AvgIpc) is 2.85. The number of fused-ring (bicyclic) bond motifs is 1. The number of hydrogen-bond donors (Lipinski definition) is 2. The average molecular weight is 497 g/mol. The summed E-state index contributed by atoms with van der Waals surface area (Å²) in [6.45, 7) is 0.472. The minimum atomic E-state index is -1.96. The molecule has 1 unspecified atom stereocenters. The highest BCUT2D eigenvalue weighted by Gasteiger charge is 2.18. The summed E-state index contributed by atoms with van der Waals surface area (Å²) in [5, 5.41) is 11.7. The molecule has 4 aromatic rings. The zero-order chi connectivity index (χ0) is 23.0. The Morgan fingerprint density at radius 2 is 1.76 bits per heavy atom. The summed E-state index contributed by atoms with van der Waals surface area (Å²) >= 11 is 6.06. The molecule has 0 aliphatic carbocycles. The van der Waals surface area contributed by atoms with Crippen LogP contribution in [-0.4, -0.2) is 26.6 Å². The van der Waals surface area contributed by atoms with Crippen LogP contribution in [-0.2, 0) is 15.4 Å². The largest absolute Gasteiger partial charge is 0.504 e. The molecule has 33 heavy (non-hydrogen) atoms. The maximum absolute atomic E-state index is 12.6. The molecule has 0 fully saturated rings. The van der Waals surface area contributed by atoms with Crippen LogP contribution in [0.25, 0.3) is 23.1 Å². The number of nitrogens with one attached hydrogen (secondary N) is 1. The zero-order valence-corrected chi connectivity index (χ0v) is 19.9. The van der Waals surface area contributed by atoms with Gasteiger partial charge in [0.15, 0.2) is 5.75 Å². The molecule has 168 valence electrons. The van der Waals surface area contributed by atoms with Crippen LogP contribution in [0.4, 0.5) is 0 Å². The van der Waals surface area contributed by atoms with Crippen molar-refractivity contribution in [2.24, 2.45) is 0 Å². The third-order valence-corrected chi connectivity index (χ3v) is 6.93. The predicted octanol–water partition coefficient (Wildman–Crippen LogP) is 6.10. The third-order valence-electron chi connectivity index (χ3n) is 4.67. The number of nitrogens with zero attached hydrogens (tertiary/aromatic N) is 1. The van der Waals surface area contributed by atoms with Crippen molar-refractivity contribution < 1.29 is 13.6 Å². The maximum Gasteiger partial charge on any atom is 0.210 e. The number of thioether (sulfide) groups is 1. The highest BCUT2D eigenvalue weighted by atomic mass is 35.5. The normalized spacial score (nSPS) is 12.4. The lowest BCUT2D eigenvalue weighted by Gasteiger charge is -2.10. The first-order valence-electron chi connectivity index (χ1n) is 10.2. The number of aromatic nitrogens is 1. The second-order valence-corrected chi connectivity index (χ2v) is 9.61. The number of pyridine rings is 1. The smallest absolute Gasteiger partial charge is 0.210 e. The predicted molar refractivity (Wildman–Crippen MR) is 136 cm³/mol. The van der Waals surface area contributed by atoms with E-state index >= 15 is 0 Å². The first-order chi connectivity index (χ1) is 16.1. The van der Waals surface area contributed by atoms with E-state index in [0.29, 0.717) is 22.6 Å². The SMILES string of the molecule is O=S(ONCCSc1ccccc1)c1cc(Cl)c2ccc(C=Cc3ccccc3)nc2c1O. The molecule has 0 saturated carbocycles. The molecule has 0 radical (unpaired) electrons. The number of benzene rings is 3. The summed E-state index contributed by atoms with van der Waals surface area (Å²) in [4.78, 5) is 5.71. The Kier molecular flexibility index (Phi) is 8.15. The van der Waals surface area contributed by atoms with Crippen LogP contribution in [0.1, 0.15) is 11.3 Å². The van der Waals surface area contributed by atoms with Crippen LogP contribution < -0.4 is 5.48 Å². The van der Waals surface area contributed by atoms with Gasteiger partial charge in [0.05, 0.1) is 10.7 Å². The molecule has 8 heteroatoms. The summed E-state index contributed by atoms with van der Waals surface area (Å²) in [6.07, 6.45) is 3.77. The van der Waals surface area contributed by atoms with Crippen molar-refractivity contribution in [3.8, 4) is 5.75 Å². The van der Waals surface area contributed by atoms with Crippen LogP contribution >= 0.6 is 23.4 Å². The lowest BCUT2D eigenvalue weighted by Crippen LogP contribution is -2.19. The van der Waals surface area contributed by atoms with Gasteiger partial charge in [0, 0.05) is 22.6 Å². The van der Waals surface area contributed by atoms with Gasteiger partial charge in [0.2, 0.25) is 11.1 Å². The number of hydroxylamine groups is 1. The molecule has 0 spiro atoms. The first-order valence-corrected chi connectivity index (χ1v) is 12.6.